The Morgan fingerprint density at radius 1 is 1.22 bits per heavy atom. The minimum atomic E-state index is -0.403. The van der Waals surface area contributed by atoms with Crippen LogP contribution in [0.4, 0.5) is 5.69 Å². The first-order chi connectivity index (χ1) is 12.9. The normalized spacial score (nSPS) is 11.0. The van der Waals surface area contributed by atoms with Crippen LogP contribution in [0.25, 0.3) is 0 Å². The average molecular weight is 373 g/mol. The van der Waals surface area contributed by atoms with Crippen molar-refractivity contribution < 1.29 is 9.72 Å². The van der Waals surface area contributed by atoms with Crippen LogP contribution >= 0.6 is 0 Å². The van der Waals surface area contributed by atoms with Crippen molar-refractivity contribution in [1.29, 1.82) is 0 Å². The molecule has 2 rings (SSSR count). The zero-order chi connectivity index (χ0) is 20.0. The van der Waals surface area contributed by atoms with E-state index in [1.807, 2.05) is 12.1 Å². The first kappa shape index (κ1) is 20.6. The first-order valence-electron chi connectivity index (χ1n) is 9.15. The number of aryl methyl sites for hydroxylation is 1. The third kappa shape index (κ3) is 5.13. The van der Waals surface area contributed by atoms with E-state index in [4.69, 9.17) is 0 Å². The van der Waals surface area contributed by atoms with Gasteiger partial charge in [0, 0.05) is 18.7 Å². The Bertz CT molecular complexity index is 794. The van der Waals surface area contributed by atoms with Crippen molar-refractivity contribution >= 4 is 11.6 Å². The molecule has 0 atom stereocenters. The highest BCUT2D eigenvalue weighted by Gasteiger charge is 2.21. The van der Waals surface area contributed by atoms with Gasteiger partial charge in [0.15, 0.2) is 0 Å². The number of rotatable bonds is 9. The number of likely N-dealkylation sites (N-methyl/N-ethyl adjacent to an activating group) is 1. The molecule has 0 fully saturated rings. The topological polar surface area (TPSA) is 93.3 Å². The third-order valence-corrected chi connectivity index (χ3v) is 4.68. The van der Waals surface area contributed by atoms with Crippen molar-refractivity contribution in [2.75, 3.05) is 26.2 Å². The molecule has 0 aliphatic rings. The van der Waals surface area contributed by atoms with Crippen LogP contribution in [0.3, 0.4) is 0 Å². The minimum absolute atomic E-state index is 0.0548. The summed E-state index contributed by atoms with van der Waals surface area (Å²) in [6, 6.07) is 7.23. The summed E-state index contributed by atoms with van der Waals surface area (Å²) in [6.07, 6.45) is 0. The van der Waals surface area contributed by atoms with E-state index in [9.17, 15) is 14.9 Å². The van der Waals surface area contributed by atoms with Crippen molar-refractivity contribution in [3.63, 3.8) is 0 Å². The molecule has 8 nitrogen and oxygen atoms in total. The van der Waals surface area contributed by atoms with Gasteiger partial charge in [-0.1, -0.05) is 26.0 Å². The molecular weight excluding hydrogens is 346 g/mol. The number of nitrogens with zero attached hydrogens (tertiary/aromatic N) is 4. The molecule has 0 radical (unpaired) electrons. The van der Waals surface area contributed by atoms with Gasteiger partial charge in [0.05, 0.1) is 11.5 Å². The van der Waals surface area contributed by atoms with Crippen molar-refractivity contribution in [2.24, 2.45) is 0 Å². The highest BCUT2D eigenvalue weighted by molar-refractivity contribution is 5.94. The molecule has 0 aliphatic heterocycles. The quantitative estimate of drug-likeness (QED) is 0.538. The van der Waals surface area contributed by atoms with E-state index in [1.165, 1.54) is 0 Å². The lowest BCUT2D eigenvalue weighted by Crippen LogP contribution is -2.34. The molecule has 1 N–H and O–H groups in total. The fraction of sp³-hybridized carbons (Fsp3) is 0.474. The van der Waals surface area contributed by atoms with Gasteiger partial charge >= 0.3 is 5.69 Å². The number of hydrogen-bond acceptors (Lipinski definition) is 5. The van der Waals surface area contributed by atoms with Crippen LogP contribution in [-0.2, 0) is 6.54 Å². The van der Waals surface area contributed by atoms with Gasteiger partial charge < -0.3 is 10.2 Å². The van der Waals surface area contributed by atoms with Gasteiger partial charge in [-0.05, 0) is 44.6 Å². The number of hydrogen-bond donors (Lipinski definition) is 1. The van der Waals surface area contributed by atoms with Crippen LogP contribution in [0.15, 0.2) is 24.3 Å². The maximum atomic E-state index is 12.2. The number of aromatic nitrogens is 2. The Morgan fingerprint density at radius 2 is 1.85 bits per heavy atom. The van der Waals surface area contributed by atoms with Gasteiger partial charge in [-0.25, -0.2) is 0 Å². The van der Waals surface area contributed by atoms with E-state index in [2.05, 4.69) is 29.2 Å². The molecule has 27 heavy (non-hydrogen) atoms. The fourth-order valence-electron chi connectivity index (χ4n) is 3.01. The second-order valence-electron chi connectivity index (χ2n) is 6.41. The molecule has 8 heteroatoms. The minimum Gasteiger partial charge on any atom is -0.351 e. The summed E-state index contributed by atoms with van der Waals surface area (Å²) in [7, 11) is 0. The number of benzene rings is 1. The number of nitro groups is 1. The molecule has 1 aromatic carbocycles. The molecule has 1 heterocycles. The smallest absolute Gasteiger partial charge is 0.312 e. The van der Waals surface area contributed by atoms with Crippen LogP contribution in [0.2, 0.25) is 0 Å². The molecule has 1 aromatic heterocycles. The standard InChI is InChI=1S/C19H27N5O3/c1-5-22(6-2)12-11-20-19(25)17-9-7-16(8-10-17)13-23-15(4)18(24(26)27)14(3)21-23/h7-10H,5-6,11-13H2,1-4H3,(H,20,25). The molecule has 0 unspecified atom stereocenters. The largest absolute Gasteiger partial charge is 0.351 e. The highest BCUT2D eigenvalue weighted by Crippen LogP contribution is 2.22. The molecule has 0 aliphatic carbocycles. The Morgan fingerprint density at radius 3 is 2.37 bits per heavy atom. The van der Waals surface area contributed by atoms with E-state index < -0.39 is 4.92 Å². The van der Waals surface area contributed by atoms with Gasteiger partial charge in [0.25, 0.3) is 5.91 Å². The molecule has 0 saturated carbocycles. The Kier molecular flexibility index (Phi) is 7.06. The van der Waals surface area contributed by atoms with Crippen molar-refractivity contribution in [2.45, 2.75) is 34.2 Å². The molecule has 0 bridgehead atoms. The highest BCUT2D eigenvalue weighted by atomic mass is 16.6. The van der Waals surface area contributed by atoms with Gasteiger partial charge in [-0.2, -0.15) is 5.10 Å². The molecule has 2 aromatic rings. The predicted octanol–water partition coefficient (Wildman–Crippen LogP) is 2.53. The maximum Gasteiger partial charge on any atom is 0.312 e. The Labute approximate surface area is 159 Å². The second kappa shape index (κ2) is 9.27. The number of carbonyl (C=O) groups is 1. The SMILES string of the molecule is CCN(CC)CCNC(=O)c1ccc(Cn2nc(C)c([N+](=O)[O-])c2C)cc1. The average Bonchev–Trinajstić information content (AvgIpc) is 2.92. The summed E-state index contributed by atoms with van der Waals surface area (Å²) in [5, 5.41) is 18.3. The molecule has 0 spiro atoms. The van der Waals surface area contributed by atoms with E-state index in [1.54, 1.807) is 30.7 Å². The fourth-order valence-corrected chi connectivity index (χ4v) is 3.01. The summed E-state index contributed by atoms with van der Waals surface area (Å²) in [6.45, 7) is 11.3. The van der Waals surface area contributed by atoms with Gasteiger partial charge in [0.2, 0.25) is 0 Å². The summed E-state index contributed by atoms with van der Waals surface area (Å²) >= 11 is 0. The van der Waals surface area contributed by atoms with Crippen molar-refractivity contribution in [1.82, 2.24) is 20.0 Å². The second-order valence-corrected chi connectivity index (χ2v) is 6.41. The molecule has 0 saturated heterocycles. The monoisotopic (exact) mass is 373 g/mol. The first-order valence-corrected chi connectivity index (χ1v) is 9.15. The van der Waals surface area contributed by atoms with Crippen LogP contribution in [-0.4, -0.2) is 51.7 Å². The lowest BCUT2D eigenvalue weighted by atomic mass is 10.1. The number of carbonyl (C=O) groups excluding carboxylic acids is 1. The number of amides is 1. The predicted molar refractivity (Wildman–Crippen MR) is 104 cm³/mol. The van der Waals surface area contributed by atoms with Crippen LogP contribution in [0.5, 0.6) is 0 Å². The van der Waals surface area contributed by atoms with E-state index in [0.717, 1.165) is 25.2 Å². The lowest BCUT2D eigenvalue weighted by molar-refractivity contribution is -0.386. The van der Waals surface area contributed by atoms with E-state index >= 15 is 0 Å². The molecular formula is C19H27N5O3. The summed E-state index contributed by atoms with van der Waals surface area (Å²) < 4.78 is 1.62. The van der Waals surface area contributed by atoms with Gasteiger partial charge in [0.1, 0.15) is 11.4 Å². The van der Waals surface area contributed by atoms with E-state index in [-0.39, 0.29) is 11.6 Å². The van der Waals surface area contributed by atoms with Crippen molar-refractivity contribution in [3.05, 3.63) is 56.9 Å². The number of nitrogens with one attached hydrogen (secondary N) is 1. The Hall–Kier alpha value is -2.74. The zero-order valence-electron chi connectivity index (χ0n) is 16.4. The van der Waals surface area contributed by atoms with Crippen LogP contribution in [0, 0.1) is 24.0 Å². The van der Waals surface area contributed by atoms with Crippen LogP contribution < -0.4 is 5.32 Å². The van der Waals surface area contributed by atoms with Crippen molar-refractivity contribution in [3.8, 4) is 0 Å². The van der Waals surface area contributed by atoms with Gasteiger partial charge in [-0.3, -0.25) is 19.6 Å². The molecule has 1 amide bonds. The summed E-state index contributed by atoms with van der Waals surface area (Å²) in [5.74, 6) is -0.101. The lowest BCUT2D eigenvalue weighted by Gasteiger charge is -2.17. The Balaban J connectivity index is 1.98. The third-order valence-electron chi connectivity index (χ3n) is 4.68. The maximum absolute atomic E-state index is 12.2. The summed E-state index contributed by atoms with van der Waals surface area (Å²) in [5.41, 5.74) is 2.50. The zero-order valence-corrected chi connectivity index (χ0v) is 16.4. The van der Waals surface area contributed by atoms with E-state index in [0.29, 0.717) is 30.0 Å². The molecule has 146 valence electrons. The summed E-state index contributed by atoms with van der Waals surface area (Å²) in [4.78, 5) is 25.2. The van der Waals surface area contributed by atoms with Crippen LogP contribution in [0.1, 0.15) is 41.2 Å². The van der Waals surface area contributed by atoms with Gasteiger partial charge in [-0.15, -0.1) is 0 Å².